The Bertz CT molecular complexity index is 1260. The highest BCUT2D eigenvalue weighted by atomic mass is 16.6. The zero-order chi connectivity index (χ0) is 24.6. The molecule has 2 aliphatic rings. The van der Waals surface area contributed by atoms with Gasteiger partial charge < -0.3 is 19.1 Å². The van der Waals surface area contributed by atoms with Crippen LogP contribution >= 0.6 is 0 Å². The van der Waals surface area contributed by atoms with E-state index in [9.17, 15) is 10.4 Å². The van der Waals surface area contributed by atoms with Crippen molar-refractivity contribution in [3.8, 4) is 34.7 Å². The number of epoxide rings is 1. The lowest BCUT2D eigenvalue weighted by Gasteiger charge is -2.18. The summed E-state index contributed by atoms with van der Waals surface area (Å²) in [5, 5.41) is 23.0. The van der Waals surface area contributed by atoms with Gasteiger partial charge in [0.05, 0.1) is 11.7 Å². The number of hydrogen-bond donors (Lipinski definition) is 1. The molecule has 0 amide bonds. The van der Waals surface area contributed by atoms with Gasteiger partial charge >= 0.3 is 0 Å². The molecule has 1 saturated heterocycles. The summed E-state index contributed by atoms with van der Waals surface area (Å²) in [7, 11) is 0. The van der Waals surface area contributed by atoms with Crippen molar-refractivity contribution in [2.24, 2.45) is 0 Å². The minimum absolute atomic E-state index is 0.0231. The summed E-state index contributed by atoms with van der Waals surface area (Å²) in [5.74, 6) is 1.42. The largest absolute Gasteiger partial charge is 0.490 e. The number of benzene rings is 2. The zero-order valence-electron chi connectivity index (χ0n) is 20.3. The molecule has 182 valence electrons. The molecule has 2 atom stereocenters. The first-order valence-electron chi connectivity index (χ1n) is 12.1. The third-order valence-corrected chi connectivity index (χ3v) is 6.72. The molecule has 2 unspecified atom stereocenters. The van der Waals surface area contributed by atoms with Gasteiger partial charge in [-0.15, -0.1) is 0 Å². The van der Waals surface area contributed by atoms with E-state index >= 15 is 0 Å². The predicted octanol–water partition coefficient (Wildman–Crippen LogP) is 3.96. The lowest BCUT2D eigenvalue weighted by Crippen LogP contribution is -2.34. The second kappa shape index (κ2) is 9.42. The van der Waals surface area contributed by atoms with Crippen LogP contribution in [-0.4, -0.2) is 57.8 Å². The number of aromatic nitrogens is 2. The molecule has 0 saturated carbocycles. The van der Waals surface area contributed by atoms with Gasteiger partial charge in [-0.1, -0.05) is 17.3 Å². The summed E-state index contributed by atoms with van der Waals surface area (Å²) in [4.78, 5) is 6.98. The molecule has 2 aliphatic heterocycles. The van der Waals surface area contributed by atoms with Gasteiger partial charge in [-0.05, 0) is 69.0 Å². The molecule has 3 aromatic rings. The molecule has 1 fully saturated rings. The van der Waals surface area contributed by atoms with Gasteiger partial charge in [-0.3, -0.25) is 4.90 Å². The van der Waals surface area contributed by atoms with Crippen molar-refractivity contribution >= 4 is 0 Å². The Morgan fingerprint density at radius 2 is 1.94 bits per heavy atom. The van der Waals surface area contributed by atoms with Crippen LogP contribution in [0.15, 0.2) is 40.9 Å². The molecular formula is C27H30N4O4. The molecule has 5 rings (SSSR count). The summed E-state index contributed by atoms with van der Waals surface area (Å²) in [6.45, 7) is 7.90. The van der Waals surface area contributed by atoms with Crippen molar-refractivity contribution in [1.82, 2.24) is 15.0 Å². The van der Waals surface area contributed by atoms with Gasteiger partial charge in [-0.2, -0.15) is 10.2 Å². The van der Waals surface area contributed by atoms with Crippen LogP contribution in [0.4, 0.5) is 0 Å². The van der Waals surface area contributed by atoms with E-state index < -0.39 is 0 Å². The molecule has 0 radical (unpaired) electrons. The monoisotopic (exact) mass is 474 g/mol. The van der Waals surface area contributed by atoms with Crippen molar-refractivity contribution < 1.29 is 19.1 Å². The van der Waals surface area contributed by atoms with Crippen LogP contribution < -0.4 is 4.74 Å². The van der Waals surface area contributed by atoms with Crippen LogP contribution in [-0.2, 0) is 17.6 Å². The van der Waals surface area contributed by atoms with Crippen molar-refractivity contribution in [2.45, 2.75) is 58.0 Å². The average Bonchev–Trinajstić information content (AvgIpc) is 3.33. The van der Waals surface area contributed by atoms with Gasteiger partial charge in [0.25, 0.3) is 5.89 Å². The summed E-state index contributed by atoms with van der Waals surface area (Å²) >= 11 is 0. The van der Waals surface area contributed by atoms with Gasteiger partial charge in [0, 0.05) is 37.2 Å². The minimum Gasteiger partial charge on any atom is -0.490 e. The number of fused-ring (bicyclic) bond motifs is 1. The molecular weight excluding hydrogens is 444 g/mol. The summed E-state index contributed by atoms with van der Waals surface area (Å²) in [5.41, 5.74) is 4.38. The lowest BCUT2D eigenvalue weighted by atomic mass is 10.00. The van der Waals surface area contributed by atoms with E-state index in [-0.39, 0.29) is 24.5 Å². The third kappa shape index (κ3) is 4.80. The normalized spacial score (nSPS) is 21.9. The molecule has 8 heteroatoms. The van der Waals surface area contributed by atoms with E-state index in [0.29, 0.717) is 35.0 Å². The Morgan fingerprint density at radius 1 is 1.17 bits per heavy atom. The van der Waals surface area contributed by atoms with Gasteiger partial charge in [-0.25, -0.2) is 0 Å². The number of ether oxygens (including phenoxy) is 2. The first kappa shape index (κ1) is 23.5. The molecule has 2 aromatic carbocycles. The molecule has 1 aromatic heterocycles. The summed E-state index contributed by atoms with van der Waals surface area (Å²) < 4.78 is 17.2. The molecule has 0 spiro atoms. The van der Waals surface area contributed by atoms with Crippen molar-refractivity contribution in [1.29, 1.82) is 5.26 Å². The summed E-state index contributed by atoms with van der Waals surface area (Å²) in [6.07, 6.45) is 2.58. The number of aliphatic hydroxyl groups is 1. The van der Waals surface area contributed by atoms with E-state index in [0.717, 1.165) is 31.5 Å². The van der Waals surface area contributed by atoms with Crippen molar-refractivity contribution in [2.75, 3.05) is 19.7 Å². The number of aliphatic hydroxyl groups excluding tert-OH is 1. The molecule has 0 bridgehead atoms. The lowest BCUT2D eigenvalue weighted by molar-refractivity contribution is 0.178. The highest BCUT2D eigenvalue weighted by molar-refractivity contribution is 5.64. The van der Waals surface area contributed by atoms with Crippen molar-refractivity contribution in [3.63, 3.8) is 0 Å². The fourth-order valence-electron chi connectivity index (χ4n) is 4.77. The Morgan fingerprint density at radius 3 is 2.69 bits per heavy atom. The van der Waals surface area contributed by atoms with Crippen LogP contribution in [0.3, 0.4) is 0 Å². The highest BCUT2D eigenvalue weighted by Gasteiger charge is 2.54. The van der Waals surface area contributed by atoms with E-state index in [1.54, 1.807) is 12.1 Å². The highest BCUT2D eigenvalue weighted by Crippen LogP contribution is 2.42. The molecule has 8 nitrogen and oxygen atoms in total. The van der Waals surface area contributed by atoms with Crippen LogP contribution in [0.5, 0.6) is 5.75 Å². The number of rotatable bonds is 7. The topological polar surface area (TPSA) is 108 Å². The van der Waals surface area contributed by atoms with Crippen molar-refractivity contribution in [3.05, 3.63) is 53.1 Å². The number of nitrogens with zero attached hydrogens (tertiary/aromatic N) is 4. The summed E-state index contributed by atoms with van der Waals surface area (Å²) in [6, 6.07) is 13.8. The quantitative estimate of drug-likeness (QED) is 0.513. The van der Waals surface area contributed by atoms with E-state index in [2.05, 4.69) is 40.2 Å². The molecule has 0 aliphatic carbocycles. The van der Waals surface area contributed by atoms with Crippen LogP contribution in [0.25, 0.3) is 22.8 Å². The Labute approximate surface area is 205 Å². The number of hydrogen-bond acceptors (Lipinski definition) is 8. The fourth-order valence-corrected chi connectivity index (χ4v) is 4.77. The fraction of sp³-hybridized carbons (Fsp3) is 0.444. The van der Waals surface area contributed by atoms with Crippen LogP contribution in [0.2, 0.25) is 0 Å². The molecule has 35 heavy (non-hydrogen) atoms. The SMILES string of the molecule is CC(C)Oc1ccc(-c2nc(-c3ccc4c(c3)CCN(C3OC3(C)CCO)CC4)no2)cc1C#N. The van der Waals surface area contributed by atoms with Gasteiger partial charge in [0.1, 0.15) is 23.6 Å². The van der Waals surface area contributed by atoms with Gasteiger partial charge in [0.15, 0.2) is 0 Å². The second-order valence-electron chi connectivity index (χ2n) is 9.69. The maximum atomic E-state index is 9.51. The first-order valence-corrected chi connectivity index (χ1v) is 12.1. The second-order valence-corrected chi connectivity index (χ2v) is 9.69. The van der Waals surface area contributed by atoms with E-state index in [1.807, 2.05) is 26.0 Å². The van der Waals surface area contributed by atoms with E-state index in [1.165, 1.54) is 11.1 Å². The average molecular weight is 475 g/mol. The first-order chi connectivity index (χ1) is 16.9. The Kier molecular flexibility index (Phi) is 6.32. The molecule has 3 heterocycles. The predicted molar refractivity (Wildman–Crippen MR) is 130 cm³/mol. The van der Waals surface area contributed by atoms with Gasteiger partial charge in [0.2, 0.25) is 5.82 Å². The minimum atomic E-state index is -0.234. The maximum Gasteiger partial charge on any atom is 0.258 e. The Hall–Kier alpha value is -3.25. The molecule has 1 N–H and O–H groups in total. The standard InChI is InChI=1S/C27H30N4O4/c1-17(2)33-23-7-6-21(15-22(23)16-28)25-29-24(30-35-25)20-5-4-18-8-11-31(12-9-19(18)14-20)26-27(3,34-26)10-13-32/h4-7,14-15,17,26,32H,8-13H2,1-3H3. The third-order valence-electron chi connectivity index (χ3n) is 6.72. The number of nitriles is 1. The van der Waals surface area contributed by atoms with E-state index in [4.69, 9.17) is 14.0 Å². The zero-order valence-corrected chi connectivity index (χ0v) is 20.3. The van der Waals surface area contributed by atoms with Crippen LogP contribution in [0, 0.1) is 11.3 Å². The van der Waals surface area contributed by atoms with Crippen LogP contribution in [0.1, 0.15) is 43.9 Å². The maximum absolute atomic E-state index is 9.51. The smallest absolute Gasteiger partial charge is 0.258 e. The Balaban J connectivity index is 1.32.